The highest BCUT2D eigenvalue weighted by atomic mass is 32.3. The lowest BCUT2D eigenvalue weighted by molar-refractivity contribution is -0.577. The highest BCUT2D eigenvalue weighted by Gasteiger charge is 2.24. The summed E-state index contributed by atoms with van der Waals surface area (Å²) in [5.41, 5.74) is 0. The maximum atomic E-state index is 10.6. The summed E-state index contributed by atoms with van der Waals surface area (Å²) < 4.78 is 99.5. The predicted octanol–water partition coefficient (Wildman–Crippen LogP) is -3.23. The molecule has 0 aliphatic rings. The topological polar surface area (TPSA) is 222 Å². The Morgan fingerprint density at radius 3 is 1.55 bits per heavy atom. The molecular weight excluding hydrogens is 384 g/mol. The summed E-state index contributed by atoms with van der Waals surface area (Å²) in [6.45, 7) is 0. The van der Waals surface area contributed by atoms with Gasteiger partial charge in [-0.15, -0.1) is 8.67 Å². The smallest absolute Gasteiger partial charge is 0.456 e. The molecule has 0 radical (unpaired) electrons. The van der Waals surface area contributed by atoms with Crippen molar-refractivity contribution in [2.24, 2.45) is 0 Å². The molecule has 2 atom stereocenters. The van der Waals surface area contributed by atoms with Crippen LogP contribution in [0.15, 0.2) is 0 Å². The SMILES string of the molecule is O=S([O-])OOOOS(=O)(=O)OOS(=O)(=O)OOS(=O)[O-]. The molecule has 122 valence electrons. The van der Waals surface area contributed by atoms with Gasteiger partial charge in [0.15, 0.2) is 0 Å². The van der Waals surface area contributed by atoms with Crippen molar-refractivity contribution in [3.05, 3.63) is 0 Å². The van der Waals surface area contributed by atoms with Crippen molar-refractivity contribution in [3.8, 4) is 0 Å². The molecule has 0 saturated carbocycles. The van der Waals surface area contributed by atoms with Gasteiger partial charge in [0.05, 0.1) is 0 Å². The maximum Gasteiger partial charge on any atom is 0.456 e. The van der Waals surface area contributed by atoms with Crippen LogP contribution in [-0.2, 0) is 79.6 Å². The third-order valence-electron chi connectivity index (χ3n) is 0.583. The molecule has 16 nitrogen and oxygen atoms in total. The molecule has 0 N–H and O–H groups in total. The Morgan fingerprint density at radius 2 is 1.10 bits per heavy atom. The first-order valence-corrected chi connectivity index (χ1v) is 7.83. The quantitative estimate of drug-likeness (QED) is 0.148. The molecule has 0 aromatic rings. The van der Waals surface area contributed by atoms with Crippen molar-refractivity contribution in [1.29, 1.82) is 0 Å². The van der Waals surface area contributed by atoms with Gasteiger partial charge in [0.25, 0.3) is 0 Å². The first kappa shape index (κ1) is 19.8. The van der Waals surface area contributed by atoms with Crippen molar-refractivity contribution in [3.63, 3.8) is 0 Å². The average Bonchev–Trinajstić information content (AvgIpc) is 2.30. The molecule has 0 fully saturated rings. The van der Waals surface area contributed by atoms with Crippen LogP contribution in [0.5, 0.6) is 0 Å². The summed E-state index contributed by atoms with van der Waals surface area (Å²) in [6.07, 6.45) is 0. The second kappa shape index (κ2) is 8.95. The van der Waals surface area contributed by atoms with Gasteiger partial charge in [-0.3, -0.25) is 0 Å². The summed E-state index contributed by atoms with van der Waals surface area (Å²) in [7, 11) is -10.7. The monoisotopic (exact) mass is 384 g/mol. The summed E-state index contributed by atoms with van der Waals surface area (Å²) in [4.78, 5) is 0. The number of rotatable bonds is 11. The van der Waals surface area contributed by atoms with Gasteiger partial charge in [-0.2, -0.15) is 16.8 Å². The standard InChI is InChI=1S/H2O16S4/c1-17(2)11-9-10-13-19(5,6)15-16-20(7,8)14-12-18(3)4/h(H,1,2)(H,3,4)/p-2. The third-order valence-corrected chi connectivity index (χ3v) is 2.03. The van der Waals surface area contributed by atoms with Crippen molar-refractivity contribution in [1.82, 2.24) is 0 Å². The molecule has 0 aliphatic heterocycles. The Kier molecular flexibility index (Phi) is 8.86. The molecule has 0 rings (SSSR count). The maximum absolute atomic E-state index is 10.6. The summed E-state index contributed by atoms with van der Waals surface area (Å²) in [5.74, 6) is 0. The Balaban J connectivity index is 4.14. The van der Waals surface area contributed by atoms with Crippen LogP contribution >= 0.6 is 0 Å². The molecule has 20 heteroatoms. The van der Waals surface area contributed by atoms with Crippen LogP contribution in [0, 0.1) is 0 Å². The van der Waals surface area contributed by atoms with Crippen molar-refractivity contribution < 1.29 is 70.4 Å². The summed E-state index contributed by atoms with van der Waals surface area (Å²) >= 11 is -6.69. The lowest BCUT2D eigenvalue weighted by atomic mass is 14.4. The molecule has 0 heterocycles. The Hall–Kier alpha value is -0.200. The van der Waals surface area contributed by atoms with Gasteiger partial charge in [0.2, 0.25) is 0 Å². The molecular formula is O16S4-2. The van der Waals surface area contributed by atoms with E-state index in [1.165, 1.54) is 0 Å². The van der Waals surface area contributed by atoms with Gasteiger partial charge in [0.1, 0.15) is 22.7 Å². The molecule has 0 spiro atoms. The Bertz CT molecular complexity index is 519. The van der Waals surface area contributed by atoms with E-state index in [4.69, 9.17) is 0 Å². The van der Waals surface area contributed by atoms with Crippen LogP contribution in [0.3, 0.4) is 0 Å². The molecule has 20 heavy (non-hydrogen) atoms. The lowest BCUT2D eigenvalue weighted by Gasteiger charge is -2.05. The van der Waals surface area contributed by atoms with Crippen molar-refractivity contribution in [2.75, 3.05) is 0 Å². The summed E-state index contributed by atoms with van der Waals surface area (Å²) in [5, 5.41) is 6.20. The highest BCUT2D eigenvalue weighted by molar-refractivity contribution is 7.84. The fraction of sp³-hybridized carbons (Fsp3) is 0. The number of hydrogen-bond donors (Lipinski definition) is 0. The molecule has 2 unspecified atom stereocenters. The van der Waals surface area contributed by atoms with Gasteiger partial charge in [-0.05, 0) is 14.4 Å². The van der Waals surface area contributed by atoms with E-state index in [2.05, 4.69) is 36.1 Å². The average molecular weight is 384 g/mol. The van der Waals surface area contributed by atoms with Gasteiger partial charge in [-0.1, -0.05) is 13.0 Å². The molecule has 0 amide bonds. The largest absolute Gasteiger partial charge is 0.747 e. The van der Waals surface area contributed by atoms with E-state index in [9.17, 15) is 34.4 Å². The van der Waals surface area contributed by atoms with E-state index in [0.29, 0.717) is 0 Å². The van der Waals surface area contributed by atoms with E-state index in [0.717, 1.165) is 0 Å². The van der Waals surface area contributed by atoms with Crippen LogP contribution in [-0.4, -0.2) is 34.4 Å². The molecule has 0 aromatic carbocycles. The zero-order chi connectivity index (χ0) is 15.8. The highest BCUT2D eigenvalue weighted by Crippen LogP contribution is 2.05. The summed E-state index contributed by atoms with van der Waals surface area (Å²) in [6, 6.07) is 0. The second-order valence-corrected chi connectivity index (χ2v) is 5.04. The fourth-order valence-electron chi connectivity index (χ4n) is 0.227. The Morgan fingerprint density at radius 1 is 0.650 bits per heavy atom. The van der Waals surface area contributed by atoms with Gasteiger partial charge in [-0.25, -0.2) is 8.42 Å². The molecule has 0 aliphatic carbocycles. The zero-order valence-electron chi connectivity index (χ0n) is 8.16. The van der Waals surface area contributed by atoms with E-state index >= 15 is 0 Å². The van der Waals surface area contributed by atoms with E-state index in [-0.39, 0.29) is 0 Å². The normalized spacial score (nSPS) is 15.9. The van der Waals surface area contributed by atoms with Gasteiger partial charge < -0.3 is 9.11 Å². The molecule has 0 aromatic heterocycles. The van der Waals surface area contributed by atoms with Gasteiger partial charge >= 0.3 is 20.8 Å². The molecule has 0 bridgehead atoms. The van der Waals surface area contributed by atoms with Crippen LogP contribution in [0.2, 0.25) is 0 Å². The van der Waals surface area contributed by atoms with E-state index in [1.54, 1.807) is 0 Å². The van der Waals surface area contributed by atoms with Crippen molar-refractivity contribution in [2.45, 2.75) is 0 Å². The minimum Gasteiger partial charge on any atom is -0.747 e. The lowest BCUT2D eigenvalue weighted by Crippen LogP contribution is -2.17. The van der Waals surface area contributed by atoms with Crippen LogP contribution in [0.4, 0.5) is 0 Å². The van der Waals surface area contributed by atoms with Crippen molar-refractivity contribution >= 4 is 43.5 Å². The van der Waals surface area contributed by atoms with E-state index in [1.807, 2.05) is 0 Å². The van der Waals surface area contributed by atoms with Crippen LogP contribution in [0.1, 0.15) is 0 Å². The van der Waals surface area contributed by atoms with Gasteiger partial charge in [0, 0.05) is 0 Å². The number of hydrogen-bond acceptors (Lipinski definition) is 16. The third kappa shape index (κ3) is 11.6. The Labute approximate surface area is 114 Å². The minimum atomic E-state index is -5.38. The fourth-order valence-corrected chi connectivity index (χ4v) is 1.43. The molecule has 0 saturated heterocycles. The van der Waals surface area contributed by atoms with E-state index < -0.39 is 43.5 Å². The first-order chi connectivity index (χ1) is 9.04. The predicted molar refractivity (Wildman–Crippen MR) is 44.4 cm³/mol. The second-order valence-electron chi connectivity index (χ2n) is 1.77. The van der Waals surface area contributed by atoms with Crippen LogP contribution in [0.25, 0.3) is 0 Å². The first-order valence-electron chi connectivity index (χ1n) is 3.17. The minimum absolute atomic E-state index is 3.04. The van der Waals surface area contributed by atoms with Crippen LogP contribution < -0.4 is 0 Å². The zero-order valence-corrected chi connectivity index (χ0v) is 11.4.